The number of anilines is 1. The lowest BCUT2D eigenvalue weighted by atomic mass is 10.2. The van der Waals surface area contributed by atoms with E-state index in [2.05, 4.69) is 5.32 Å². The molecule has 0 spiro atoms. The first-order valence-electron chi connectivity index (χ1n) is 7.25. The van der Waals surface area contributed by atoms with Gasteiger partial charge in [-0.3, -0.25) is 9.10 Å². The number of carbonyl (C=O) groups is 1. The van der Waals surface area contributed by atoms with Gasteiger partial charge in [0.05, 0.1) is 19.1 Å². The van der Waals surface area contributed by atoms with E-state index in [9.17, 15) is 13.2 Å². The number of benzene rings is 1. The molecule has 0 bridgehead atoms. The molecule has 130 valence electrons. The zero-order chi connectivity index (χ0) is 17.8. The number of rotatable bonds is 7. The van der Waals surface area contributed by atoms with Crippen LogP contribution in [-0.2, 0) is 14.8 Å². The number of nitrogens with one attached hydrogen (secondary N) is 1. The van der Waals surface area contributed by atoms with Crippen LogP contribution in [0.15, 0.2) is 18.2 Å². The Bertz CT molecular complexity index is 663. The van der Waals surface area contributed by atoms with Crippen LogP contribution in [0.2, 0.25) is 5.02 Å². The summed E-state index contributed by atoms with van der Waals surface area (Å²) in [5.74, 6) is -0.0604. The van der Waals surface area contributed by atoms with Crippen molar-refractivity contribution in [2.24, 2.45) is 0 Å². The van der Waals surface area contributed by atoms with Crippen LogP contribution < -0.4 is 14.4 Å². The Balaban J connectivity index is 3.32. The molecule has 0 heterocycles. The molecular formula is C15H23ClN2O4S. The summed E-state index contributed by atoms with van der Waals surface area (Å²) >= 11 is 5.98. The van der Waals surface area contributed by atoms with Gasteiger partial charge in [0.1, 0.15) is 11.8 Å². The van der Waals surface area contributed by atoms with Crippen molar-refractivity contribution < 1.29 is 17.9 Å². The minimum Gasteiger partial charge on any atom is -0.495 e. The summed E-state index contributed by atoms with van der Waals surface area (Å²) in [7, 11) is -2.29. The van der Waals surface area contributed by atoms with E-state index in [-0.39, 0.29) is 17.6 Å². The third-order valence-electron chi connectivity index (χ3n) is 3.47. The highest BCUT2D eigenvalue weighted by Crippen LogP contribution is 2.34. The number of carbonyl (C=O) groups excluding carboxylic acids is 1. The van der Waals surface area contributed by atoms with Crippen molar-refractivity contribution in [3.05, 3.63) is 23.2 Å². The lowest BCUT2D eigenvalue weighted by molar-refractivity contribution is -0.122. The molecule has 2 atom stereocenters. The Morgan fingerprint density at radius 2 is 2.00 bits per heavy atom. The maximum Gasteiger partial charge on any atom is 0.243 e. The van der Waals surface area contributed by atoms with Crippen LogP contribution >= 0.6 is 11.6 Å². The molecule has 0 aliphatic rings. The molecule has 0 saturated carbocycles. The fraction of sp³-hybridized carbons (Fsp3) is 0.533. The van der Waals surface area contributed by atoms with Gasteiger partial charge in [0.2, 0.25) is 15.9 Å². The number of hydrogen-bond donors (Lipinski definition) is 1. The first-order chi connectivity index (χ1) is 10.6. The Morgan fingerprint density at radius 1 is 1.39 bits per heavy atom. The molecule has 0 aromatic heterocycles. The van der Waals surface area contributed by atoms with Crippen molar-refractivity contribution >= 4 is 33.2 Å². The van der Waals surface area contributed by atoms with Crippen molar-refractivity contribution in [1.82, 2.24) is 5.32 Å². The van der Waals surface area contributed by atoms with Crippen LogP contribution in [0, 0.1) is 0 Å². The molecule has 1 aromatic rings. The Labute approximate surface area is 142 Å². The lowest BCUT2D eigenvalue weighted by Gasteiger charge is -2.30. The lowest BCUT2D eigenvalue weighted by Crippen LogP contribution is -2.49. The van der Waals surface area contributed by atoms with E-state index in [1.165, 1.54) is 20.1 Å². The smallest absolute Gasteiger partial charge is 0.243 e. The third kappa shape index (κ3) is 5.00. The van der Waals surface area contributed by atoms with E-state index in [4.69, 9.17) is 16.3 Å². The SMILES string of the molecule is CC[C@@H](C)NC(=O)[C@H](C)N(c1cc(Cl)ccc1OC)S(C)(=O)=O. The standard InChI is InChI=1S/C15H23ClN2O4S/c1-6-10(2)17-15(19)11(3)18(23(5,20)21)13-9-12(16)7-8-14(13)22-4/h7-11H,6H2,1-5H3,(H,17,19)/t10-,11+/m1/s1. The van der Waals surface area contributed by atoms with Gasteiger partial charge in [-0.1, -0.05) is 18.5 Å². The molecule has 0 fully saturated rings. The number of nitrogens with zero attached hydrogens (tertiary/aromatic N) is 1. The van der Waals surface area contributed by atoms with Gasteiger partial charge in [-0.15, -0.1) is 0 Å². The van der Waals surface area contributed by atoms with Gasteiger partial charge in [-0.2, -0.15) is 0 Å². The monoisotopic (exact) mass is 362 g/mol. The summed E-state index contributed by atoms with van der Waals surface area (Å²) in [6, 6.07) is 3.64. The van der Waals surface area contributed by atoms with Crippen LogP contribution in [0.3, 0.4) is 0 Å². The minimum absolute atomic E-state index is 0.0485. The molecule has 1 aromatic carbocycles. The molecule has 0 unspecified atom stereocenters. The first-order valence-corrected chi connectivity index (χ1v) is 9.47. The maximum absolute atomic E-state index is 12.4. The minimum atomic E-state index is -3.72. The predicted octanol–water partition coefficient (Wildman–Crippen LogP) is 2.42. The number of amides is 1. The Hall–Kier alpha value is -1.47. The molecule has 0 saturated heterocycles. The molecule has 0 aliphatic carbocycles. The Morgan fingerprint density at radius 3 is 2.48 bits per heavy atom. The summed E-state index contributed by atoms with van der Waals surface area (Å²) in [4.78, 5) is 12.4. The van der Waals surface area contributed by atoms with Crippen molar-refractivity contribution in [3.63, 3.8) is 0 Å². The van der Waals surface area contributed by atoms with Crippen LogP contribution in [0.1, 0.15) is 27.2 Å². The molecule has 6 nitrogen and oxygen atoms in total. The van der Waals surface area contributed by atoms with Gasteiger partial charge in [0, 0.05) is 11.1 Å². The van der Waals surface area contributed by atoms with Crippen LogP contribution in [-0.4, -0.2) is 39.8 Å². The van der Waals surface area contributed by atoms with Crippen LogP contribution in [0.4, 0.5) is 5.69 Å². The summed E-state index contributed by atoms with van der Waals surface area (Å²) in [6.45, 7) is 5.32. The predicted molar refractivity (Wildman–Crippen MR) is 92.7 cm³/mol. The zero-order valence-electron chi connectivity index (χ0n) is 14.0. The topological polar surface area (TPSA) is 75.7 Å². The van der Waals surface area contributed by atoms with E-state index in [0.717, 1.165) is 17.0 Å². The molecule has 0 radical (unpaired) electrons. The molecular weight excluding hydrogens is 340 g/mol. The van der Waals surface area contributed by atoms with Crippen LogP contribution in [0.25, 0.3) is 0 Å². The molecule has 1 N–H and O–H groups in total. The van der Waals surface area contributed by atoms with Gasteiger partial charge >= 0.3 is 0 Å². The highest BCUT2D eigenvalue weighted by atomic mass is 35.5. The van der Waals surface area contributed by atoms with Crippen molar-refractivity contribution in [2.75, 3.05) is 17.7 Å². The second-order valence-electron chi connectivity index (χ2n) is 5.37. The zero-order valence-corrected chi connectivity index (χ0v) is 15.5. The van der Waals surface area contributed by atoms with Gasteiger partial charge in [-0.25, -0.2) is 8.42 Å². The summed E-state index contributed by atoms with van der Waals surface area (Å²) < 4.78 is 30.8. The molecule has 8 heteroatoms. The van der Waals surface area contributed by atoms with Gasteiger partial charge in [0.25, 0.3) is 0 Å². The first kappa shape index (κ1) is 19.6. The van der Waals surface area contributed by atoms with Crippen molar-refractivity contribution in [1.29, 1.82) is 0 Å². The number of hydrogen-bond acceptors (Lipinski definition) is 4. The van der Waals surface area contributed by atoms with Crippen molar-refractivity contribution in [3.8, 4) is 5.75 Å². The highest BCUT2D eigenvalue weighted by molar-refractivity contribution is 7.92. The second-order valence-corrected chi connectivity index (χ2v) is 7.66. The van der Waals surface area contributed by atoms with Gasteiger partial charge < -0.3 is 10.1 Å². The molecule has 0 aliphatic heterocycles. The second kappa shape index (κ2) is 7.88. The highest BCUT2D eigenvalue weighted by Gasteiger charge is 2.31. The molecule has 1 rings (SSSR count). The molecule has 1 amide bonds. The van der Waals surface area contributed by atoms with E-state index in [1.54, 1.807) is 12.1 Å². The van der Waals surface area contributed by atoms with E-state index < -0.39 is 16.1 Å². The number of ether oxygens (including phenoxy) is 1. The average molecular weight is 363 g/mol. The summed E-state index contributed by atoms with van der Waals surface area (Å²) in [5.41, 5.74) is 0.231. The quantitative estimate of drug-likeness (QED) is 0.808. The fourth-order valence-electron chi connectivity index (χ4n) is 2.08. The largest absolute Gasteiger partial charge is 0.495 e. The van der Waals surface area contributed by atoms with Gasteiger partial charge in [0.15, 0.2) is 0 Å². The summed E-state index contributed by atoms with van der Waals surface area (Å²) in [5, 5.41) is 3.14. The average Bonchev–Trinajstić information content (AvgIpc) is 2.45. The number of halogens is 1. The van der Waals surface area contributed by atoms with Crippen molar-refractivity contribution in [2.45, 2.75) is 39.3 Å². The Kier molecular flexibility index (Phi) is 6.70. The van der Waals surface area contributed by atoms with Gasteiger partial charge in [-0.05, 0) is 38.5 Å². The third-order valence-corrected chi connectivity index (χ3v) is 4.93. The van der Waals surface area contributed by atoms with Crippen LogP contribution in [0.5, 0.6) is 5.75 Å². The van der Waals surface area contributed by atoms with E-state index >= 15 is 0 Å². The normalized spacial score (nSPS) is 14.0. The van der Waals surface area contributed by atoms with E-state index in [1.807, 2.05) is 13.8 Å². The molecule has 23 heavy (non-hydrogen) atoms. The fourth-order valence-corrected chi connectivity index (χ4v) is 3.42. The number of sulfonamides is 1. The van der Waals surface area contributed by atoms with E-state index in [0.29, 0.717) is 10.8 Å². The maximum atomic E-state index is 12.4. The number of methoxy groups -OCH3 is 1. The summed E-state index contributed by atoms with van der Waals surface area (Å²) in [6.07, 6.45) is 1.79.